The Bertz CT molecular complexity index is 232. The molecule has 0 aromatic heterocycles. The SMILES string of the molecule is C1=CC(=C2SC=CS2)C=C1. The summed E-state index contributed by atoms with van der Waals surface area (Å²) >= 11 is 3.60. The molecule has 0 aromatic rings. The zero-order valence-corrected chi connectivity index (χ0v) is 6.91. The Morgan fingerprint density at radius 2 is 1.50 bits per heavy atom. The minimum Gasteiger partial charge on any atom is -0.0895 e. The number of allylic oxidation sites excluding steroid dienone is 5. The lowest BCUT2D eigenvalue weighted by molar-refractivity contribution is 1.82. The van der Waals surface area contributed by atoms with E-state index in [0.717, 1.165) is 0 Å². The van der Waals surface area contributed by atoms with Crippen molar-refractivity contribution < 1.29 is 0 Å². The summed E-state index contributed by atoms with van der Waals surface area (Å²) in [6, 6.07) is 0. The highest BCUT2D eigenvalue weighted by Gasteiger charge is 2.06. The first-order valence-electron chi connectivity index (χ1n) is 3.04. The Balaban J connectivity index is 2.29. The normalized spacial score (nSPS) is 21.6. The molecule has 0 N–H and O–H groups in total. The molecule has 1 aliphatic carbocycles. The van der Waals surface area contributed by atoms with Gasteiger partial charge in [0.1, 0.15) is 0 Å². The van der Waals surface area contributed by atoms with E-state index in [-0.39, 0.29) is 0 Å². The molecule has 0 unspecified atom stereocenters. The molecule has 2 heteroatoms. The molecule has 0 aromatic carbocycles. The van der Waals surface area contributed by atoms with Crippen LogP contribution >= 0.6 is 23.5 Å². The Kier molecular flexibility index (Phi) is 1.74. The van der Waals surface area contributed by atoms with Crippen LogP contribution in [0, 0.1) is 0 Å². The largest absolute Gasteiger partial charge is 0.0895 e. The summed E-state index contributed by atoms with van der Waals surface area (Å²) in [5.74, 6) is 0. The van der Waals surface area contributed by atoms with E-state index in [2.05, 4.69) is 35.1 Å². The second-order valence-corrected chi connectivity index (χ2v) is 4.06. The highest BCUT2D eigenvalue weighted by Crippen LogP contribution is 2.41. The maximum atomic E-state index is 2.14. The van der Waals surface area contributed by atoms with E-state index in [1.807, 2.05) is 0 Å². The summed E-state index contributed by atoms with van der Waals surface area (Å²) in [6.45, 7) is 0. The smallest absolute Gasteiger partial charge is 0.0559 e. The lowest BCUT2D eigenvalue weighted by Gasteiger charge is -1.94. The molecule has 0 saturated carbocycles. The third-order valence-corrected chi connectivity index (χ3v) is 3.50. The number of rotatable bonds is 0. The molecule has 0 spiro atoms. The van der Waals surface area contributed by atoms with Crippen LogP contribution < -0.4 is 0 Å². The fourth-order valence-electron chi connectivity index (χ4n) is 0.853. The molecular formula is C8H6S2. The molecule has 0 fully saturated rings. The van der Waals surface area contributed by atoms with Gasteiger partial charge in [-0.1, -0.05) is 47.8 Å². The molecule has 0 bridgehead atoms. The average molecular weight is 166 g/mol. The van der Waals surface area contributed by atoms with Crippen molar-refractivity contribution in [2.75, 3.05) is 0 Å². The van der Waals surface area contributed by atoms with Crippen molar-refractivity contribution in [1.29, 1.82) is 0 Å². The van der Waals surface area contributed by atoms with E-state index in [0.29, 0.717) is 0 Å². The molecule has 50 valence electrons. The summed E-state index contributed by atoms with van der Waals surface area (Å²) < 4.78 is 1.39. The van der Waals surface area contributed by atoms with Crippen LogP contribution in [-0.4, -0.2) is 0 Å². The van der Waals surface area contributed by atoms with Crippen LogP contribution in [0.3, 0.4) is 0 Å². The fourth-order valence-corrected chi connectivity index (χ4v) is 2.64. The summed E-state index contributed by atoms with van der Waals surface area (Å²) in [5.41, 5.74) is 1.35. The van der Waals surface area contributed by atoms with Crippen LogP contribution in [0.15, 0.2) is 44.9 Å². The predicted octanol–water partition coefficient (Wildman–Crippen LogP) is 3.28. The van der Waals surface area contributed by atoms with Gasteiger partial charge in [0.25, 0.3) is 0 Å². The van der Waals surface area contributed by atoms with E-state index < -0.39 is 0 Å². The van der Waals surface area contributed by atoms with Crippen molar-refractivity contribution in [2.24, 2.45) is 0 Å². The quantitative estimate of drug-likeness (QED) is 0.541. The molecule has 0 nitrogen and oxygen atoms in total. The summed E-state index contributed by atoms with van der Waals surface area (Å²) in [6.07, 6.45) is 8.42. The van der Waals surface area contributed by atoms with Crippen LogP contribution in [-0.2, 0) is 0 Å². The second-order valence-electron chi connectivity index (χ2n) is 1.97. The number of hydrogen-bond donors (Lipinski definition) is 0. The maximum Gasteiger partial charge on any atom is 0.0559 e. The van der Waals surface area contributed by atoms with Gasteiger partial charge in [-0.25, -0.2) is 0 Å². The van der Waals surface area contributed by atoms with Gasteiger partial charge in [-0.15, -0.1) is 0 Å². The maximum absolute atomic E-state index is 2.14. The van der Waals surface area contributed by atoms with Crippen molar-refractivity contribution in [1.82, 2.24) is 0 Å². The van der Waals surface area contributed by atoms with Gasteiger partial charge < -0.3 is 0 Å². The highest BCUT2D eigenvalue weighted by atomic mass is 32.2. The van der Waals surface area contributed by atoms with Gasteiger partial charge in [0.2, 0.25) is 0 Å². The summed E-state index contributed by atoms with van der Waals surface area (Å²) in [5, 5.41) is 4.24. The fraction of sp³-hybridized carbons (Fsp3) is 0. The van der Waals surface area contributed by atoms with Gasteiger partial charge in [0.15, 0.2) is 0 Å². The van der Waals surface area contributed by atoms with Crippen LogP contribution in [0.1, 0.15) is 0 Å². The van der Waals surface area contributed by atoms with Crippen LogP contribution in [0.25, 0.3) is 0 Å². The lowest BCUT2D eigenvalue weighted by atomic mass is 10.3. The third kappa shape index (κ3) is 1.09. The molecule has 2 aliphatic rings. The third-order valence-electron chi connectivity index (χ3n) is 1.30. The van der Waals surface area contributed by atoms with E-state index in [1.54, 1.807) is 23.5 Å². The Morgan fingerprint density at radius 3 is 2.10 bits per heavy atom. The first-order valence-corrected chi connectivity index (χ1v) is 4.80. The molecule has 0 amide bonds. The van der Waals surface area contributed by atoms with Crippen molar-refractivity contribution in [3.05, 3.63) is 44.9 Å². The molecule has 0 radical (unpaired) electrons. The van der Waals surface area contributed by atoms with Gasteiger partial charge in [-0.3, -0.25) is 0 Å². The Morgan fingerprint density at radius 1 is 0.900 bits per heavy atom. The zero-order valence-electron chi connectivity index (χ0n) is 5.28. The van der Waals surface area contributed by atoms with Gasteiger partial charge >= 0.3 is 0 Å². The minimum atomic E-state index is 1.35. The average Bonchev–Trinajstić information content (AvgIpc) is 2.59. The monoisotopic (exact) mass is 166 g/mol. The lowest BCUT2D eigenvalue weighted by Crippen LogP contribution is -1.68. The topological polar surface area (TPSA) is 0 Å². The van der Waals surface area contributed by atoms with Gasteiger partial charge in [-0.2, -0.15) is 0 Å². The van der Waals surface area contributed by atoms with Gasteiger partial charge in [0, 0.05) is 0 Å². The highest BCUT2D eigenvalue weighted by molar-refractivity contribution is 8.27. The molecule has 0 atom stereocenters. The Hall–Kier alpha value is -0.340. The summed E-state index contributed by atoms with van der Waals surface area (Å²) in [7, 11) is 0. The summed E-state index contributed by atoms with van der Waals surface area (Å²) in [4.78, 5) is 0. The Labute approximate surface area is 68.8 Å². The first-order chi connectivity index (χ1) is 4.97. The van der Waals surface area contributed by atoms with Crippen molar-refractivity contribution in [2.45, 2.75) is 0 Å². The van der Waals surface area contributed by atoms with Crippen molar-refractivity contribution in [3.8, 4) is 0 Å². The minimum absolute atomic E-state index is 1.35. The molecule has 1 heterocycles. The van der Waals surface area contributed by atoms with E-state index >= 15 is 0 Å². The molecule has 1 aliphatic heterocycles. The van der Waals surface area contributed by atoms with Crippen molar-refractivity contribution in [3.63, 3.8) is 0 Å². The van der Waals surface area contributed by atoms with E-state index in [9.17, 15) is 0 Å². The van der Waals surface area contributed by atoms with Gasteiger partial charge in [0.05, 0.1) is 4.24 Å². The standard InChI is InChI=1S/C8H6S2/c1-2-4-7(3-1)8-9-5-6-10-8/h1-6H. The molecular weight excluding hydrogens is 160 g/mol. The second kappa shape index (κ2) is 2.72. The van der Waals surface area contributed by atoms with Crippen LogP contribution in [0.2, 0.25) is 0 Å². The van der Waals surface area contributed by atoms with Crippen LogP contribution in [0.4, 0.5) is 0 Å². The number of hydrogen-bond acceptors (Lipinski definition) is 2. The number of thioether (sulfide) groups is 2. The predicted molar refractivity (Wildman–Crippen MR) is 49.6 cm³/mol. The zero-order chi connectivity index (χ0) is 6.81. The van der Waals surface area contributed by atoms with Crippen LogP contribution in [0.5, 0.6) is 0 Å². The van der Waals surface area contributed by atoms with E-state index in [1.165, 1.54) is 9.81 Å². The molecule has 2 rings (SSSR count). The first kappa shape index (κ1) is 6.38. The molecule has 10 heavy (non-hydrogen) atoms. The van der Waals surface area contributed by atoms with Gasteiger partial charge in [-0.05, 0) is 16.4 Å². The van der Waals surface area contributed by atoms with E-state index in [4.69, 9.17) is 0 Å². The van der Waals surface area contributed by atoms with Crippen molar-refractivity contribution >= 4 is 23.5 Å². The molecule has 0 saturated heterocycles.